The molecule has 0 aromatic heterocycles. The van der Waals surface area contributed by atoms with Gasteiger partial charge in [0.2, 0.25) is 0 Å². The lowest BCUT2D eigenvalue weighted by atomic mass is 10.1. The molecule has 0 aliphatic heterocycles. The van der Waals surface area contributed by atoms with Gasteiger partial charge in [-0.15, -0.1) is 0 Å². The molecule has 1 aromatic rings. The van der Waals surface area contributed by atoms with E-state index in [-0.39, 0.29) is 6.61 Å². The second-order valence-electron chi connectivity index (χ2n) is 2.45. The number of hydrogen-bond donors (Lipinski definition) is 3. The molecule has 4 heteroatoms. The van der Waals surface area contributed by atoms with Crippen molar-refractivity contribution < 1.29 is 9.94 Å². The Bertz CT molecular complexity index is 263. The van der Waals surface area contributed by atoms with Gasteiger partial charge in [0.05, 0.1) is 0 Å². The normalized spacial score (nSPS) is 9.83. The molecule has 0 saturated carbocycles. The van der Waals surface area contributed by atoms with Gasteiger partial charge in [-0.3, -0.25) is 0 Å². The van der Waals surface area contributed by atoms with Crippen molar-refractivity contribution in [3.05, 3.63) is 23.8 Å². The molecule has 0 unspecified atom stereocenters. The molecule has 12 heavy (non-hydrogen) atoms. The highest BCUT2D eigenvalue weighted by molar-refractivity contribution is 5.50. The Balaban J connectivity index is 2.91. The lowest BCUT2D eigenvalue weighted by molar-refractivity contribution is 0.299. The first-order valence-electron chi connectivity index (χ1n) is 3.64. The van der Waals surface area contributed by atoms with Crippen molar-refractivity contribution in [2.75, 3.05) is 12.3 Å². The third-order valence-corrected chi connectivity index (χ3v) is 1.63. The predicted octanol–water partition coefficient (Wildman–Crippen LogP) is 0.0561. The quantitative estimate of drug-likeness (QED) is 0.440. The van der Waals surface area contributed by atoms with Crippen molar-refractivity contribution in [1.29, 1.82) is 0 Å². The summed E-state index contributed by atoms with van der Waals surface area (Å²) in [6, 6.07) is 5.09. The van der Waals surface area contributed by atoms with E-state index in [0.717, 1.165) is 5.56 Å². The minimum atomic E-state index is 0.0677. The molecule has 0 spiro atoms. The van der Waals surface area contributed by atoms with E-state index in [2.05, 4.69) is 4.84 Å². The van der Waals surface area contributed by atoms with E-state index in [1.165, 1.54) is 0 Å². The van der Waals surface area contributed by atoms with Crippen LogP contribution in [-0.4, -0.2) is 11.7 Å². The van der Waals surface area contributed by atoms with Crippen molar-refractivity contribution in [1.82, 2.24) is 0 Å². The molecular weight excluding hydrogens is 156 g/mol. The summed E-state index contributed by atoms with van der Waals surface area (Å²) in [5, 5.41) is 8.68. The summed E-state index contributed by atoms with van der Waals surface area (Å²) in [6.07, 6.45) is 0.517. The van der Waals surface area contributed by atoms with E-state index < -0.39 is 0 Å². The van der Waals surface area contributed by atoms with Crippen molar-refractivity contribution in [2.24, 2.45) is 5.90 Å². The van der Waals surface area contributed by atoms with Gasteiger partial charge in [0.25, 0.3) is 0 Å². The highest BCUT2D eigenvalue weighted by Gasteiger charge is 2.00. The predicted molar refractivity (Wildman–Crippen MR) is 46.5 cm³/mol. The summed E-state index contributed by atoms with van der Waals surface area (Å²) >= 11 is 0. The number of rotatable bonds is 3. The molecule has 1 aromatic carbocycles. The summed E-state index contributed by atoms with van der Waals surface area (Å²) in [5.74, 6) is 5.51. The van der Waals surface area contributed by atoms with Crippen LogP contribution in [0.5, 0.6) is 5.75 Å². The van der Waals surface area contributed by atoms with Crippen LogP contribution in [0.4, 0.5) is 5.69 Å². The molecule has 0 fully saturated rings. The number of hydrogen-bond acceptors (Lipinski definition) is 4. The van der Waals surface area contributed by atoms with E-state index in [1.54, 1.807) is 18.2 Å². The van der Waals surface area contributed by atoms with E-state index in [0.29, 0.717) is 17.9 Å². The van der Waals surface area contributed by atoms with Gasteiger partial charge < -0.3 is 15.7 Å². The highest BCUT2D eigenvalue weighted by Crippen LogP contribution is 2.18. The zero-order valence-electron chi connectivity index (χ0n) is 6.66. The minimum absolute atomic E-state index is 0.0677. The Morgan fingerprint density at radius 3 is 2.75 bits per heavy atom. The van der Waals surface area contributed by atoms with Gasteiger partial charge in [-0.25, -0.2) is 0 Å². The lowest BCUT2D eigenvalue weighted by Gasteiger charge is -2.05. The molecule has 66 valence electrons. The fourth-order valence-electron chi connectivity index (χ4n) is 0.992. The van der Waals surface area contributed by atoms with E-state index in [9.17, 15) is 0 Å². The van der Waals surface area contributed by atoms with Crippen LogP contribution in [0.15, 0.2) is 18.2 Å². The standard InChI is InChI=1S/C8H12N2O2/c9-8-2-1-7(12-10)5-6(8)3-4-11/h1-2,5,11H,3-4,9-10H2. The monoisotopic (exact) mass is 168 g/mol. The van der Waals surface area contributed by atoms with Crippen LogP contribution in [-0.2, 0) is 6.42 Å². The fourth-order valence-corrected chi connectivity index (χ4v) is 0.992. The Kier molecular flexibility index (Phi) is 2.90. The zero-order chi connectivity index (χ0) is 8.97. The van der Waals surface area contributed by atoms with Crippen LogP contribution in [0, 0.1) is 0 Å². The van der Waals surface area contributed by atoms with Crippen LogP contribution >= 0.6 is 0 Å². The van der Waals surface area contributed by atoms with Gasteiger partial charge in [-0.05, 0) is 30.2 Å². The third-order valence-electron chi connectivity index (χ3n) is 1.63. The van der Waals surface area contributed by atoms with Gasteiger partial charge in [0, 0.05) is 12.3 Å². The highest BCUT2D eigenvalue weighted by atomic mass is 16.6. The van der Waals surface area contributed by atoms with Gasteiger partial charge in [-0.1, -0.05) is 0 Å². The molecular formula is C8H12N2O2. The summed E-state index contributed by atoms with van der Waals surface area (Å²) < 4.78 is 0. The second kappa shape index (κ2) is 3.94. The molecule has 0 saturated heterocycles. The first-order chi connectivity index (χ1) is 5.77. The molecule has 5 N–H and O–H groups in total. The van der Waals surface area contributed by atoms with Crippen molar-refractivity contribution in [3.63, 3.8) is 0 Å². The number of benzene rings is 1. The Labute approximate surface area is 70.7 Å². The van der Waals surface area contributed by atoms with Gasteiger partial charge in [0.1, 0.15) is 5.75 Å². The Morgan fingerprint density at radius 2 is 2.17 bits per heavy atom. The smallest absolute Gasteiger partial charge is 0.147 e. The molecule has 0 aliphatic carbocycles. The van der Waals surface area contributed by atoms with Crippen molar-refractivity contribution >= 4 is 5.69 Å². The molecule has 1 rings (SSSR count). The molecule has 0 heterocycles. The summed E-state index contributed by atoms with van der Waals surface area (Å²) in [5.41, 5.74) is 7.11. The average Bonchev–Trinajstić information content (AvgIpc) is 2.09. The van der Waals surface area contributed by atoms with E-state index >= 15 is 0 Å². The van der Waals surface area contributed by atoms with Gasteiger partial charge in [0.15, 0.2) is 0 Å². The summed E-state index contributed by atoms with van der Waals surface area (Å²) in [7, 11) is 0. The molecule has 0 bridgehead atoms. The Morgan fingerprint density at radius 1 is 1.42 bits per heavy atom. The van der Waals surface area contributed by atoms with Crippen LogP contribution in [0.3, 0.4) is 0 Å². The van der Waals surface area contributed by atoms with Gasteiger partial charge >= 0.3 is 0 Å². The topological polar surface area (TPSA) is 81.5 Å². The molecule has 0 radical (unpaired) electrons. The lowest BCUT2D eigenvalue weighted by Crippen LogP contribution is -2.04. The number of aliphatic hydroxyl groups is 1. The minimum Gasteiger partial charge on any atom is -0.412 e. The summed E-state index contributed by atoms with van der Waals surface area (Å²) in [4.78, 5) is 4.52. The van der Waals surface area contributed by atoms with Gasteiger partial charge in [-0.2, -0.15) is 5.90 Å². The fraction of sp³-hybridized carbons (Fsp3) is 0.250. The maximum atomic E-state index is 8.68. The number of aliphatic hydroxyl groups excluding tert-OH is 1. The van der Waals surface area contributed by atoms with Crippen LogP contribution < -0.4 is 16.5 Å². The molecule has 4 nitrogen and oxygen atoms in total. The second-order valence-corrected chi connectivity index (χ2v) is 2.45. The maximum Gasteiger partial charge on any atom is 0.147 e. The van der Waals surface area contributed by atoms with E-state index in [4.69, 9.17) is 16.7 Å². The van der Waals surface area contributed by atoms with Crippen molar-refractivity contribution in [2.45, 2.75) is 6.42 Å². The number of nitrogens with two attached hydrogens (primary N) is 2. The number of anilines is 1. The summed E-state index contributed by atoms with van der Waals surface area (Å²) in [6.45, 7) is 0.0677. The van der Waals surface area contributed by atoms with Crippen LogP contribution in [0.2, 0.25) is 0 Å². The first-order valence-corrected chi connectivity index (χ1v) is 3.64. The average molecular weight is 168 g/mol. The zero-order valence-corrected chi connectivity index (χ0v) is 6.66. The third kappa shape index (κ3) is 1.87. The SMILES string of the molecule is NOc1ccc(N)c(CCO)c1. The van der Waals surface area contributed by atoms with E-state index in [1.807, 2.05) is 0 Å². The molecule has 0 aliphatic rings. The molecule has 0 atom stereocenters. The van der Waals surface area contributed by atoms with Crippen LogP contribution in [0.1, 0.15) is 5.56 Å². The molecule has 0 amide bonds. The van der Waals surface area contributed by atoms with Crippen molar-refractivity contribution in [3.8, 4) is 5.75 Å². The largest absolute Gasteiger partial charge is 0.412 e. The maximum absolute atomic E-state index is 8.68. The number of nitrogen functional groups attached to an aromatic ring is 1. The first kappa shape index (κ1) is 8.83. The van der Waals surface area contributed by atoms with Crippen LogP contribution in [0.25, 0.3) is 0 Å². The Hall–Kier alpha value is -1.26.